The maximum absolute atomic E-state index is 12.3. The highest BCUT2D eigenvalue weighted by Gasteiger charge is 2.41. The van der Waals surface area contributed by atoms with Crippen LogP contribution in [-0.4, -0.2) is 52.4 Å². The smallest absolute Gasteiger partial charge is 0.227 e. The minimum absolute atomic E-state index is 0.169. The molecule has 23 heavy (non-hydrogen) atoms. The molecule has 0 unspecified atom stereocenters. The molecule has 2 fully saturated rings. The fraction of sp³-hybridized carbons (Fsp3) is 0.500. The van der Waals surface area contributed by atoms with E-state index < -0.39 is 0 Å². The maximum Gasteiger partial charge on any atom is 0.227 e. The van der Waals surface area contributed by atoms with Crippen LogP contribution >= 0.6 is 0 Å². The molecule has 3 heterocycles. The van der Waals surface area contributed by atoms with Gasteiger partial charge in [0.15, 0.2) is 0 Å². The van der Waals surface area contributed by atoms with Gasteiger partial charge in [0.2, 0.25) is 5.91 Å². The third-order valence-corrected chi connectivity index (χ3v) is 5.26. The van der Waals surface area contributed by atoms with E-state index in [9.17, 15) is 4.79 Å². The van der Waals surface area contributed by atoms with Gasteiger partial charge in [-0.1, -0.05) is 12.1 Å². The van der Waals surface area contributed by atoms with E-state index in [2.05, 4.69) is 9.88 Å². The zero-order valence-corrected chi connectivity index (χ0v) is 13.7. The minimum atomic E-state index is 0.169. The highest BCUT2D eigenvalue weighted by molar-refractivity contribution is 5.80. The molecule has 2 atom stereocenters. The SMILES string of the molecule is Cc1nc2ccccc2nc1CN1C[C@H]2CCN(C)C(=O)[C@H]2C1. The Morgan fingerprint density at radius 1 is 1.17 bits per heavy atom. The molecule has 0 radical (unpaired) electrons. The van der Waals surface area contributed by atoms with Crippen LogP contribution in [0.15, 0.2) is 24.3 Å². The second kappa shape index (κ2) is 5.57. The fourth-order valence-electron chi connectivity index (χ4n) is 3.90. The average molecular weight is 310 g/mol. The maximum atomic E-state index is 12.3. The molecule has 0 bridgehead atoms. The Hall–Kier alpha value is -2.01. The highest BCUT2D eigenvalue weighted by Crippen LogP contribution is 2.32. The first-order valence-electron chi connectivity index (χ1n) is 8.31. The third-order valence-electron chi connectivity index (χ3n) is 5.26. The van der Waals surface area contributed by atoms with Crippen molar-refractivity contribution in [3.63, 3.8) is 0 Å². The Morgan fingerprint density at radius 3 is 2.70 bits per heavy atom. The largest absolute Gasteiger partial charge is 0.345 e. The molecule has 2 saturated heterocycles. The molecule has 1 aromatic heterocycles. The fourth-order valence-corrected chi connectivity index (χ4v) is 3.90. The van der Waals surface area contributed by atoms with Crippen molar-refractivity contribution in [3.05, 3.63) is 35.7 Å². The second-order valence-corrected chi connectivity index (χ2v) is 6.85. The summed E-state index contributed by atoms with van der Waals surface area (Å²) in [6.45, 7) is 5.55. The molecular weight excluding hydrogens is 288 g/mol. The Kier molecular flexibility index (Phi) is 3.53. The molecule has 0 saturated carbocycles. The Balaban J connectivity index is 1.55. The third kappa shape index (κ3) is 2.59. The highest BCUT2D eigenvalue weighted by atomic mass is 16.2. The number of hydrogen-bond donors (Lipinski definition) is 0. The molecular formula is C18H22N4O. The van der Waals surface area contributed by atoms with Crippen molar-refractivity contribution in [2.75, 3.05) is 26.7 Å². The lowest BCUT2D eigenvalue weighted by Gasteiger charge is -2.30. The predicted molar refractivity (Wildman–Crippen MR) is 88.8 cm³/mol. The van der Waals surface area contributed by atoms with Gasteiger partial charge in [-0.15, -0.1) is 0 Å². The van der Waals surface area contributed by atoms with Crippen LogP contribution < -0.4 is 0 Å². The monoisotopic (exact) mass is 310 g/mol. The molecule has 5 nitrogen and oxygen atoms in total. The van der Waals surface area contributed by atoms with E-state index in [0.717, 1.165) is 55.0 Å². The Bertz CT molecular complexity index is 760. The topological polar surface area (TPSA) is 49.3 Å². The number of amides is 1. The summed E-state index contributed by atoms with van der Waals surface area (Å²) in [6, 6.07) is 7.99. The number of benzene rings is 1. The number of carbonyl (C=O) groups excluding carboxylic acids is 1. The number of hydrogen-bond acceptors (Lipinski definition) is 4. The molecule has 120 valence electrons. The van der Waals surface area contributed by atoms with Crippen molar-refractivity contribution in [1.29, 1.82) is 0 Å². The van der Waals surface area contributed by atoms with Gasteiger partial charge in [-0.25, -0.2) is 9.97 Å². The normalized spacial score (nSPS) is 25.1. The molecule has 1 amide bonds. The van der Waals surface area contributed by atoms with E-state index in [1.807, 2.05) is 43.1 Å². The summed E-state index contributed by atoms with van der Waals surface area (Å²) in [5.41, 5.74) is 3.91. The van der Waals surface area contributed by atoms with Crippen LogP contribution in [0.4, 0.5) is 0 Å². The summed E-state index contributed by atoms with van der Waals surface area (Å²) in [4.78, 5) is 26.0. The van der Waals surface area contributed by atoms with E-state index in [1.165, 1.54) is 0 Å². The van der Waals surface area contributed by atoms with Gasteiger partial charge in [0, 0.05) is 33.2 Å². The van der Waals surface area contributed by atoms with Crippen LogP contribution in [0.25, 0.3) is 11.0 Å². The van der Waals surface area contributed by atoms with E-state index in [4.69, 9.17) is 4.98 Å². The second-order valence-electron chi connectivity index (χ2n) is 6.85. The van der Waals surface area contributed by atoms with Crippen LogP contribution in [0.5, 0.6) is 0 Å². The summed E-state index contributed by atoms with van der Waals surface area (Å²) >= 11 is 0. The van der Waals surface area contributed by atoms with E-state index in [-0.39, 0.29) is 5.92 Å². The van der Waals surface area contributed by atoms with Gasteiger partial charge in [-0.2, -0.15) is 0 Å². The van der Waals surface area contributed by atoms with Crippen LogP contribution in [0.1, 0.15) is 17.8 Å². The Labute approximate surface area is 136 Å². The van der Waals surface area contributed by atoms with Gasteiger partial charge in [-0.3, -0.25) is 9.69 Å². The first-order valence-corrected chi connectivity index (χ1v) is 8.31. The summed E-state index contributed by atoms with van der Waals surface area (Å²) in [5.74, 6) is 0.986. The number of rotatable bonds is 2. The number of likely N-dealkylation sites (tertiary alicyclic amines) is 2. The van der Waals surface area contributed by atoms with Gasteiger partial charge in [-0.05, 0) is 31.4 Å². The van der Waals surface area contributed by atoms with Gasteiger partial charge in [0.25, 0.3) is 0 Å². The first kappa shape index (κ1) is 14.6. The zero-order chi connectivity index (χ0) is 16.0. The molecule has 2 aliphatic heterocycles. The van der Waals surface area contributed by atoms with E-state index in [0.29, 0.717) is 11.8 Å². The van der Waals surface area contributed by atoms with Crippen LogP contribution in [0, 0.1) is 18.8 Å². The number of aromatic nitrogens is 2. The molecule has 1 aromatic carbocycles. The van der Waals surface area contributed by atoms with Crippen LogP contribution in [0.3, 0.4) is 0 Å². The van der Waals surface area contributed by atoms with Gasteiger partial charge in [0.05, 0.1) is 28.3 Å². The van der Waals surface area contributed by atoms with Crippen LogP contribution in [-0.2, 0) is 11.3 Å². The summed E-state index contributed by atoms with van der Waals surface area (Å²) in [7, 11) is 1.92. The lowest BCUT2D eigenvalue weighted by Crippen LogP contribution is -2.42. The van der Waals surface area contributed by atoms with Crippen molar-refractivity contribution in [2.24, 2.45) is 11.8 Å². The lowest BCUT2D eigenvalue weighted by molar-refractivity contribution is -0.137. The number of aryl methyl sites for hydroxylation is 1. The molecule has 0 N–H and O–H groups in total. The van der Waals surface area contributed by atoms with Gasteiger partial charge >= 0.3 is 0 Å². The summed E-state index contributed by atoms with van der Waals surface area (Å²) in [6.07, 6.45) is 1.12. The Morgan fingerprint density at radius 2 is 1.91 bits per heavy atom. The standard InChI is InChI=1S/C18H22N4O/c1-12-17(20-16-6-4-3-5-15(16)19-12)11-22-9-13-7-8-21(2)18(23)14(13)10-22/h3-6,13-14H,7-11H2,1-2H3/t13-,14+/m1/s1. The first-order chi connectivity index (χ1) is 11.1. The van der Waals surface area contributed by atoms with Crippen molar-refractivity contribution < 1.29 is 4.79 Å². The van der Waals surface area contributed by atoms with Crippen molar-refractivity contribution in [1.82, 2.24) is 19.8 Å². The van der Waals surface area contributed by atoms with Crippen LogP contribution in [0.2, 0.25) is 0 Å². The molecule has 0 aliphatic carbocycles. The van der Waals surface area contributed by atoms with Crippen molar-refractivity contribution in [2.45, 2.75) is 19.9 Å². The quantitative estimate of drug-likeness (QED) is 0.849. The van der Waals surface area contributed by atoms with E-state index >= 15 is 0 Å². The molecule has 2 aromatic rings. The number of piperidine rings is 1. The lowest BCUT2D eigenvalue weighted by atomic mass is 9.88. The zero-order valence-electron chi connectivity index (χ0n) is 13.7. The average Bonchev–Trinajstić information content (AvgIpc) is 2.95. The predicted octanol–water partition coefficient (Wildman–Crippen LogP) is 1.85. The van der Waals surface area contributed by atoms with Crippen molar-refractivity contribution in [3.8, 4) is 0 Å². The molecule has 2 aliphatic rings. The summed E-state index contributed by atoms with van der Waals surface area (Å²) < 4.78 is 0. The van der Waals surface area contributed by atoms with E-state index in [1.54, 1.807) is 0 Å². The molecule has 0 spiro atoms. The minimum Gasteiger partial charge on any atom is -0.345 e. The van der Waals surface area contributed by atoms with Gasteiger partial charge in [0.1, 0.15) is 0 Å². The van der Waals surface area contributed by atoms with Crippen molar-refractivity contribution >= 4 is 16.9 Å². The molecule has 5 heteroatoms. The number of para-hydroxylation sites is 2. The number of fused-ring (bicyclic) bond motifs is 2. The number of carbonyl (C=O) groups is 1. The molecule has 4 rings (SSSR count). The summed E-state index contributed by atoms with van der Waals surface area (Å²) in [5, 5.41) is 0. The number of nitrogens with zero attached hydrogens (tertiary/aromatic N) is 4. The van der Waals surface area contributed by atoms with Gasteiger partial charge < -0.3 is 4.90 Å².